The van der Waals surface area contributed by atoms with Crippen LogP contribution < -0.4 is 10.9 Å². The van der Waals surface area contributed by atoms with Gasteiger partial charge in [0.1, 0.15) is 5.52 Å². The summed E-state index contributed by atoms with van der Waals surface area (Å²) in [7, 11) is 1.62. The summed E-state index contributed by atoms with van der Waals surface area (Å²) in [6.45, 7) is 2.38. The summed E-state index contributed by atoms with van der Waals surface area (Å²) in [5.74, 6) is -0.361. The Balaban J connectivity index is 1.81. The summed E-state index contributed by atoms with van der Waals surface area (Å²) < 4.78 is 2.87. The lowest BCUT2D eigenvalue weighted by Crippen LogP contribution is -2.23. The van der Waals surface area contributed by atoms with Gasteiger partial charge >= 0.3 is 0 Å². The van der Waals surface area contributed by atoms with Crippen LogP contribution in [0.5, 0.6) is 0 Å². The Bertz CT molecular complexity index is 1170. The highest BCUT2D eigenvalue weighted by Gasteiger charge is 2.22. The molecule has 0 saturated heterocycles. The average molecular weight is 379 g/mol. The van der Waals surface area contributed by atoms with E-state index in [-0.39, 0.29) is 22.7 Å². The van der Waals surface area contributed by atoms with Gasteiger partial charge in [0.05, 0.1) is 18.6 Å². The number of hydrogen-bond donors (Lipinski definition) is 1. The second-order valence-electron chi connectivity index (χ2n) is 6.22. The summed E-state index contributed by atoms with van der Waals surface area (Å²) in [6, 6.07) is 11.5. The Morgan fingerprint density at radius 3 is 2.70 bits per heavy atom. The second-order valence-corrected chi connectivity index (χ2v) is 7.25. The largest absolute Gasteiger partial charge is 0.346 e. The molecule has 1 N–H and O–H groups in total. The number of nitrogens with zero attached hydrogens (tertiary/aromatic N) is 4. The van der Waals surface area contributed by atoms with Crippen LogP contribution in [0.4, 0.5) is 0 Å². The highest BCUT2D eigenvalue weighted by Crippen LogP contribution is 2.18. The fourth-order valence-electron chi connectivity index (χ4n) is 2.78. The fourth-order valence-corrected chi connectivity index (χ4v) is 3.42. The molecule has 0 saturated carbocycles. The number of carbonyl (C=O) groups excluding carboxylic acids is 1. The molecule has 7 nitrogen and oxygen atoms in total. The van der Waals surface area contributed by atoms with Crippen LogP contribution >= 0.6 is 11.3 Å². The molecule has 0 aliphatic heterocycles. The number of amides is 1. The highest BCUT2D eigenvalue weighted by atomic mass is 32.1. The third-order valence-electron chi connectivity index (χ3n) is 4.24. The summed E-state index contributed by atoms with van der Waals surface area (Å²) in [6.07, 6.45) is 1.40. The number of thiophene rings is 1. The van der Waals surface area contributed by atoms with Gasteiger partial charge < -0.3 is 9.88 Å². The van der Waals surface area contributed by atoms with E-state index in [1.165, 1.54) is 15.6 Å². The molecule has 0 aliphatic carbocycles. The molecule has 136 valence electrons. The number of hydrogen-bond acceptors (Lipinski definition) is 5. The van der Waals surface area contributed by atoms with Gasteiger partial charge in [-0.3, -0.25) is 9.59 Å². The van der Waals surface area contributed by atoms with E-state index in [1.807, 2.05) is 48.7 Å². The molecule has 3 aromatic heterocycles. The maximum atomic E-state index is 12.7. The molecule has 0 unspecified atom stereocenters. The van der Waals surface area contributed by atoms with Crippen molar-refractivity contribution in [2.24, 2.45) is 7.05 Å². The zero-order valence-corrected chi connectivity index (χ0v) is 15.7. The fraction of sp³-hybridized carbons (Fsp3) is 0.158. The molecule has 8 heteroatoms. The lowest BCUT2D eigenvalue weighted by molar-refractivity contribution is 0.0947. The molecule has 1 aromatic carbocycles. The van der Waals surface area contributed by atoms with Crippen molar-refractivity contribution in [1.82, 2.24) is 24.6 Å². The number of carbonyl (C=O) groups is 1. The van der Waals surface area contributed by atoms with Gasteiger partial charge in [0, 0.05) is 11.9 Å². The van der Waals surface area contributed by atoms with Crippen LogP contribution in [-0.4, -0.2) is 25.2 Å². The van der Waals surface area contributed by atoms with E-state index in [4.69, 9.17) is 0 Å². The highest BCUT2D eigenvalue weighted by molar-refractivity contribution is 7.09. The summed E-state index contributed by atoms with van der Waals surface area (Å²) in [4.78, 5) is 30.7. The van der Waals surface area contributed by atoms with E-state index in [9.17, 15) is 9.59 Å². The molecule has 4 rings (SSSR count). The second kappa shape index (κ2) is 6.81. The molecule has 0 fully saturated rings. The molecule has 0 aliphatic rings. The van der Waals surface area contributed by atoms with Crippen molar-refractivity contribution in [3.05, 3.63) is 74.6 Å². The minimum atomic E-state index is -0.361. The van der Waals surface area contributed by atoms with E-state index in [2.05, 4.69) is 15.4 Å². The van der Waals surface area contributed by atoms with Crippen LogP contribution in [0.15, 0.2) is 52.9 Å². The molecule has 4 aromatic rings. The molecular formula is C19H17N5O2S. The molecular weight excluding hydrogens is 362 g/mol. The average Bonchev–Trinajstić information content (AvgIpc) is 3.31. The molecule has 27 heavy (non-hydrogen) atoms. The summed E-state index contributed by atoms with van der Waals surface area (Å²) in [5, 5.41) is 9.22. The van der Waals surface area contributed by atoms with Gasteiger partial charge in [-0.2, -0.15) is 5.10 Å². The SMILES string of the molecule is Cc1ccc(-n2nc(C(=O)NCc3cccs3)c3ncn(C)c(=O)c32)cc1. The molecule has 3 heterocycles. The van der Waals surface area contributed by atoms with Crippen LogP contribution in [0.2, 0.25) is 0 Å². The Labute approximate surface area is 158 Å². The first-order valence-electron chi connectivity index (χ1n) is 8.36. The standard InChI is InChI=1S/C19H17N5O2S/c1-12-5-7-13(8-6-12)24-17-15(21-11-23(2)19(17)26)16(22-24)18(25)20-10-14-4-3-9-27-14/h3-9,11H,10H2,1-2H3,(H,20,25). The number of nitrogens with one attached hydrogen (secondary N) is 1. The van der Waals surface area contributed by atoms with Crippen molar-refractivity contribution in [3.8, 4) is 5.69 Å². The monoisotopic (exact) mass is 379 g/mol. The van der Waals surface area contributed by atoms with Crippen LogP contribution in [-0.2, 0) is 13.6 Å². The quantitative estimate of drug-likeness (QED) is 0.590. The van der Waals surface area contributed by atoms with E-state index >= 15 is 0 Å². The molecule has 0 atom stereocenters. The first kappa shape index (κ1) is 17.2. The molecule has 1 amide bonds. The van der Waals surface area contributed by atoms with Gasteiger partial charge in [0.2, 0.25) is 0 Å². The molecule has 0 spiro atoms. The van der Waals surface area contributed by atoms with Crippen LogP contribution in [0, 0.1) is 6.92 Å². The normalized spacial score (nSPS) is 11.0. The lowest BCUT2D eigenvalue weighted by atomic mass is 10.2. The van der Waals surface area contributed by atoms with Gasteiger partial charge in [-0.25, -0.2) is 9.67 Å². The Morgan fingerprint density at radius 1 is 1.22 bits per heavy atom. The van der Waals surface area contributed by atoms with Gasteiger partial charge in [-0.15, -0.1) is 11.3 Å². The third kappa shape index (κ3) is 3.15. The van der Waals surface area contributed by atoms with Crippen LogP contribution in [0.3, 0.4) is 0 Å². The predicted octanol–water partition coefficient (Wildman–Crippen LogP) is 2.42. The Hall–Kier alpha value is -3.26. The van der Waals surface area contributed by atoms with Crippen LogP contribution in [0.25, 0.3) is 16.7 Å². The minimum absolute atomic E-state index is 0.139. The Morgan fingerprint density at radius 2 is 2.00 bits per heavy atom. The van der Waals surface area contributed by atoms with E-state index in [0.717, 1.165) is 10.4 Å². The van der Waals surface area contributed by atoms with Gasteiger partial charge in [0.25, 0.3) is 11.5 Å². The van der Waals surface area contributed by atoms with Crippen LogP contribution in [0.1, 0.15) is 20.9 Å². The van der Waals surface area contributed by atoms with Gasteiger partial charge in [-0.1, -0.05) is 23.8 Å². The zero-order valence-electron chi connectivity index (χ0n) is 14.8. The maximum absolute atomic E-state index is 12.7. The van der Waals surface area contributed by atoms with Crippen molar-refractivity contribution in [2.45, 2.75) is 13.5 Å². The minimum Gasteiger partial charge on any atom is -0.346 e. The summed E-state index contributed by atoms with van der Waals surface area (Å²) >= 11 is 1.56. The number of aromatic nitrogens is 4. The van der Waals surface area contributed by atoms with E-state index in [1.54, 1.807) is 18.4 Å². The maximum Gasteiger partial charge on any atom is 0.279 e. The summed E-state index contributed by atoms with van der Waals surface area (Å²) in [5.41, 5.74) is 2.25. The number of fused-ring (bicyclic) bond motifs is 1. The number of rotatable bonds is 4. The van der Waals surface area contributed by atoms with Gasteiger partial charge in [0.15, 0.2) is 11.2 Å². The third-order valence-corrected chi connectivity index (χ3v) is 5.12. The molecule has 0 radical (unpaired) electrons. The van der Waals surface area contributed by atoms with Crippen molar-refractivity contribution in [1.29, 1.82) is 0 Å². The van der Waals surface area contributed by atoms with E-state index < -0.39 is 0 Å². The number of benzene rings is 1. The van der Waals surface area contributed by atoms with Gasteiger partial charge in [-0.05, 0) is 30.5 Å². The van der Waals surface area contributed by atoms with Crippen molar-refractivity contribution < 1.29 is 4.79 Å². The first-order chi connectivity index (χ1) is 13.0. The lowest BCUT2D eigenvalue weighted by Gasteiger charge is -2.04. The topological polar surface area (TPSA) is 81.8 Å². The predicted molar refractivity (Wildman–Crippen MR) is 104 cm³/mol. The molecule has 0 bridgehead atoms. The van der Waals surface area contributed by atoms with Crippen molar-refractivity contribution in [3.63, 3.8) is 0 Å². The number of aryl methyl sites for hydroxylation is 2. The first-order valence-corrected chi connectivity index (χ1v) is 9.24. The Kier molecular flexibility index (Phi) is 4.33. The smallest absolute Gasteiger partial charge is 0.279 e. The zero-order chi connectivity index (χ0) is 19.0. The van der Waals surface area contributed by atoms with Crippen molar-refractivity contribution in [2.75, 3.05) is 0 Å². The van der Waals surface area contributed by atoms with E-state index in [0.29, 0.717) is 17.7 Å². The van der Waals surface area contributed by atoms with Crippen molar-refractivity contribution >= 4 is 28.3 Å².